The topological polar surface area (TPSA) is 74.9 Å². The molecule has 0 saturated heterocycles. The van der Waals surface area contributed by atoms with Gasteiger partial charge in [0.15, 0.2) is 18.1 Å². The van der Waals surface area contributed by atoms with Crippen LogP contribution in [0, 0.1) is 11.3 Å². The van der Waals surface area contributed by atoms with Gasteiger partial charge in [-0.25, -0.2) is 0 Å². The maximum absolute atomic E-state index is 12.9. The highest BCUT2D eigenvalue weighted by Crippen LogP contribution is 2.37. The molecule has 0 saturated carbocycles. The Morgan fingerprint density at radius 2 is 2.07 bits per heavy atom. The summed E-state index contributed by atoms with van der Waals surface area (Å²) in [5.41, 5.74) is 2.52. The van der Waals surface area contributed by atoms with Crippen molar-refractivity contribution in [2.75, 3.05) is 18.7 Å². The van der Waals surface area contributed by atoms with Crippen molar-refractivity contribution >= 4 is 55.2 Å². The molecule has 0 unspecified atom stereocenters. The fourth-order valence-corrected chi connectivity index (χ4v) is 3.66. The average molecular weight is 505 g/mol. The minimum atomic E-state index is -0.213. The van der Waals surface area contributed by atoms with Crippen molar-refractivity contribution < 1.29 is 14.3 Å². The van der Waals surface area contributed by atoms with E-state index in [4.69, 9.17) is 14.7 Å². The van der Waals surface area contributed by atoms with Gasteiger partial charge in [0, 0.05) is 4.47 Å². The molecule has 8 heteroatoms. The molecule has 0 fully saturated rings. The zero-order valence-electron chi connectivity index (χ0n) is 15.1. The number of nitriles is 1. The van der Waals surface area contributed by atoms with Gasteiger partial charge in [-0.3, -0.25) is 4.79 Å². The molecule has 0 bridgehead atoms. The Kier molecular flexibility index (Phi) is 6.17. The molecule has 6 nitrogen and oxygen atoms in total. The quantitative estimate of drug-likeness (QED) is 0.541. The predicted molar refractivity (Wildman–Crippen MR) is 115 cm³/mol. The van der Waals surface area contributed by atoms with E-state index in [2.05, 4.69) is 37.0 Å². The maximum atomic E-state index is 12.9. The minimum absolute atomic E-state index is 0.0960. The summed E-state index contributed by atoms with van der Waals surface area (Å²) in [6.45, 7) is 1.69. The third-order valence-corrected chi connectivity index (χ3v) is 5.04. The van der Waals surface area contributed by atoms with E-state index >= 15 is 0 Å². The molecule has 2 aromatic carbocycles. The van der Waals surface area contributed by atoms with Gasteiger partial charge in [-0.05, 0) is 64.8 Å². The lowest BCUT2D eigenvalue weighted by Crippen LogP contribution is -2.21. The smallest absolute Gasteiger partial charge is 0.280 e. The van der Waals surface area contributed by atoms with Crippen LogP contribution in [0.2, 0.25) is 0 Å². The molecule has 3 rings (SSSR count). The summed E-state index contributed by atoms with van der Waals surface area (Å²) < 4.78 is 12.3. The van der Waals surface area contributed by atoms with Gasteiger partial charge in [-0.1, -0.05) is 22.0 Å². The molecular weight excluding hydrogens is 490 g/mol. The number of hydrogen-bond donors (Lipinski definition) is 0. The Bertz CT molecular complexity index is 1040. The number of ether oxygens (including phenoxy) is 2. The van der Waals surface area contributed by atoms with E-state index in [0.717, 1.165) is 10.0 Å². The number of carbonyl (C=O) groups is 1. The molecule has 0 aromatic heterocycles. The molecule has 0 aliphatic carbocycles. The molecule has 1 amide bonds. The molecule has 1 aliphatic heterocycles. The highest BCUT2D eigenvalue weighted by Gasteiger charge is 2.29. The summed E-state index contributed by atoms with van der Waals surface area (Å²) >= 11 is 6.84. The Morgan fingerprint density at radius 3 is 2.75 bits per heavy atom. The van der Waals surface area contributed by atoms with Crippen LogP contribution in [0.1, 0.15) is 12.5 Å². The number of carbonyl (C=O) groups excluding carboxylic acids is 1. The molecule has 0 spiro atoms. The summed E-state index contributed by atoms with van der Waals surface area (Å²) in [7, 11) is 1.51. The molecule has 2 aromatic rings. The second-order valence-corrected chi connectivity index (χ2v) is 7.59. The van der Waals surface area contributed by atoms with Crippen LogP contribution in [0.5, 0.6) is 11.5 Å². The zero-order valence-corrected chi connectivity index (χ0v) is 18.2. The summed E-state index contributed by atoms with van der Waals surface area (Å²) in [4.78, 5) is 12.9. The third-order valence-electron chi connectivity index (χ3n) is 3.96. The minimum Gasteiger partial charge on any atom is -0.493 e. The summed E-state index contributed by atoms with van der Waals surface area (Å²) in [5, 5.41) is 14.5. The van der Waals surface area contributed by atoms with Gasteiger partial charge in [-0.2, -0.15) is 15.4 Å². The van der Waals surface area contributed by atoms with E-state index in [1.807, 2.05) is 30.3 Å². The number of benzene rings is 2. The zero-order chi connectivity index (χ0) is 20.3. The summed E-state index contributed by atoms with van der Waals surface area (Å²) in [6, 6.07) is 12.9. The lowest BCUT2D eigenvalue weighted by Gasteiger charge is -2.13. The van der Waals surface area contributed by atoms with Crippen molar-refractivity contribution in [1.29, 1.82) is 5.26 Å². The largest absolute Gasteiger partial charge is 0.493 e. The number of anilines is 1. The number of halogens is 2. The number of hydrazone groups is 1. The highest BCUT2D eigenvalue weighted by atomic mass is 79.9. The molecule has 142 valence electrons. The summed E-state index contributed by atoms with van der Waals surface area (Å²) in [6.07, 6.45) is 1.75. The van der Waals surface area contributed by atoms with E-state index in [9.17, 15) is 4.79 Å². The number of methoxy groups -OCH3 is 1. The van der Waals surface area contributed by atoms with Gasteiger partial charge in [0.2, 0.25) is 0 Å². The molecule has 0 atom stereocenters. The first-order valence-corrected chi connectivity index (χ1v) is 9.77. The van der Waals surface area contributed by atoms with Crippen molar-refractivity contribution in [1.82, 2.24) is 0 Å². The van der Waals surface area contributed by atoms with Crippen LogP contribution in [-0.2, 0) is 4.79 Å². The number of amides is 1. The Morgan fingerprint density at radius 1 is 1.29 bits per heavy atom. The Hall–Kier alpha value is -2.63. The maximum Gasteiger partial charge on any atom is 0.280 e. The van der Waals surface area contributed by atoms with Crippen molar-refractivity contribution in [3.05, 3.63) is 56.5 Å². The standard InChI is InChI=1S/C20H15Br2N3O3/c1-12-16(20(26)25(24-12)15-5-3-4-14(21)11-15)8-13-9-17(22)19(28-7-6-23)18(10-13)27-2/h3-5,8-11H,7H2,1-2H3/b16-8+. The van der Waals surface area contributed by atoms with Crippen LogP contribution >= 0.6 is 31.9 Å². The van der Waals surface area contributed by atoms with Crippen LogP contribution in [0.15, 0.2) is 56.0 Å². The fraction of sp³-hybridized carbons (Fsp3) is 0.150. The van der Waals surface area contributed by atoms with Crippen molar-refractivity contribution in [3.63, 3.8) is 0 Å². The summed E-state index contributed by atoms with van der Waals surface area (Å²) in [5.74, 6) is 0.681. The molecule has 0 N–H and O–H groups in total. The van der Waals surface area contributed by atoms with Gasteiger partial charge < -0.3 is 9.47 Å². The SMILES string of the molecule is COc1cc(/C=C2/C(=O)N(c3cccc(Br)c3)N=C2C)cc(Br)c1OCC#N. The van der Waals surface area contributed by atoms with Gasteiger partial charge in [-0.15, -0.1) is 0 Å². The van der Waals surface area contributed by atoms with Crippen LogP contribution in [-0.4, -0.2) is 25.3 Å². The third kappa shape index (κ3) is 4.11. The molecule has 1 aliphatic rings. The van der Waals surface area contributed by atoms with Crippen molar-refractivity contribution in [2.24, 2.45) is 5.10 Å². The predicted octanol–water partition coefficient (Wildman–Crippen LogP) is 4.93. The monoisotopic (exact) mass is 503 g/mol. The number of hydrogen-bond acceptors (Lipinski definition) is 5. The van der Waals surface area contributed by atoms with E-state index in [1.165, 1.54) is 12.1 Å². The molecule has 0 radical (unpaired) electrons. The van der Waals surface area contributed by atoms with Crippen LogP contribution in [0.25, 0.3) is 6.08 Å². The van der Waals surface area contributed by atoms with Gasteiger partial charge in [0.05, 0.1) is 28.6 Å². The highest BCUT2D eigenvalue weighted by molar-refractivity contribution is 9.10. The Labute approximate surface area is 179 Å². The van der Waals surface area contributed by atoms with E-state index < -0.39 is 0 Å². The van der Waals surface area contributed by atoms with Crippen molar-refractivity contribution in [2.45, 2.75) is 6.92 Å². The molecule has 28 heavy (non-hydrogen) atoms. The normalized spacial score (nSPS) is 14.8. The number of rotatable bonds is 5. The van der Waals surface area contributed by atoms with Crippen LogP contribution in [0.4, 0.5) is 5.69 Å². The first-order valence-electron chi connectivity index (χ1n) is 8.19. The second kappa shape index (κ2) is 8.59. The molecular formula is C20H15Br2N3O3. The number of nitrogens with zero attached hydrogens (tertiary/aromatic N) is 3. The van der Waals surface area contributed by atoms with Crippen molar-refractivity contribution in [3.8, 4) is 17.6 Å². The van der Waals surface area contributed by atoms with Gasteiger partial charge in [0.25, 0.3) is 5.91 Å². The van der Waals surface area contributed by atoms with Crippen LogP contribution in [0.3, 0.4) is 0 Å². The Balaban J connectivity index is 1.96. The first-order chi connectivity index (χ1) is 13.4. The van der Waals surface area contributed by atoms with E-state index in [0.29, 0.717) is 32.9 Å². The lowest BCUT2D eigenvalue weighted by molar-refractivity contribution is -0.114. The molecule has 1 heterocycles. The van der Waals surface area contributed by atoms with Gasteiger partial charge in [0.1, 0.15) is 6.07 Å². The fourth-order valence-electron chi connectivity index (χ4n) is 2.70. The average Bonchev–Trinajstić information content (AvgIpc) is 2.95. The van der Waals surface area contributed by atoms with Crippen LogP contribution < -0.4 is 14.5 Å². The van der Waals surface area contributed by atoms with E-state index in [-0.39, 0.29) is 12.5 Å². The van der Waals surface area contributed by atoms with E-state index in [1.54, 1.807) is 25.1 Å². The first kappa shape index (κ1) is 20.1. The van der Waals surface area contributed by atoms with Gasteiger partial charge >= 0.3 is 0 Å². The lowest BCUT2D eigenvalue weighted by atomic mass is 10.1. The second-order valence-electron chi connectivity index (χ2n) is 5.82.